The van der Waals surface area contributed by atoms with E-state index < -0.39 is 41.2 Å². The van der Waals surface area contributed by atoms with Gasteiger partial charge in [-0.1, -0.05) is 25.5 Å². The molecule has 1 N–H and O–H groups in total. The van der Waals surface area contributed by atoms with E-state index in [1.165, 1.54) is 46.3 Å². The van der Waals surface area contributed by atoms with Gasteiger partial charge in [0.2, 0.25) is 0 Å². The van der Waals surface area contributed by atoms with Gasteiger partial charge >= 0.3 is 12.4 Å². The summed E-state index contributed by atoms with van der Waals surface area (Å²) in [6, 6.07) is 7.62. The van der Waals surface area contributed by atoms with Crippen molar-refractivity contribution in [2.24, 2.45) is 0 Å². The smallest absolute Gasteiger partial charge is 0.419 e. The molecule has 0 aliphatic heterocycles. The molecule has 0 radical (unpaired) electrons. The third-order valence-electron chi connectivity index (χ3n) is 4.95. The second-order valence-corrected chi connectivity index (χ2v) is 8.38. The highest BCUT2D eigenvalue weighted by Crippen LogP contribution is 2.43. The number of alkyl halides is 6. The lowest BCUT2D eigenvalue weighted by Gasteiger charge is -2.36. The number of hydrogen-bond acceptors (Lipinski definition) is 3. The molecular weight excluding hydrogens is 457 g/mol. The molecule has 0 saturated carbocycles. The van der Waals surface area contributed by atoms with Crippen molar-refractivity contribution in [1.29, 1.82) is 0 Å². The van der Waals surface area contributed by atoms with Crippen LogP contribution in [-0.4, -0.2) is 31.1 Å². The van der Waals surface area contributed by atoms with Gasteiger partial charge in [0.25, 0.3) is 0 Å². The average Bonchev–Trinajstić information content (AvgIpc) is 2.66. The molecule has 0 saturated heterocycles. The van der Waals surface area contributed by atoms with Crippen molar-refractivity contribution in [1.82, 2.24) is 0 Å². The van der Waals surface area contributed by atoms with Gasteiger partial charge in [0.1, 0.15) is 17.3 Å². The largest absolute Gasteiger partial charge is 0.496 e. The van der Waals surface area contributed by atoms with Crippen LogP contribution in [0, 0.1) is 12.7 Å². The summed E-state index contributed by atoms with van der Waals surface area (Å²) in [5.41, 5.74) is -3.87. The summed E-state index contributed by atoms with van der Waals surface area (Å²) in [5, 5.41) is 9.62. The molecule has 0 fully saturated rings. The highest BCUT2D eigenvalue weighted by atomic mass is 19.4. The standard InChI is InChI=1S/C14H18F4O2.C9H9F3O/c1-12(2,8-13(3,19)14(16,17)18)10-7-9(15)5-6-11(10)20-4;1-6-3-4-8(13-2)7(5-6)9(10,11)12/h5-7,19H,8H2,1-4H3;3-5H,1-2H3. The third-order valence-corrected chi connectivity index (χ3v) is 4.95. The molecule has 2 rings (SSSR count). The molecular formula is C23H27F7O3. The maximum atomic E-state index is 13.3. The number of aliphatic hydroxyl groups is 1. The number of methoxy groups -OCH3 is 2. The monoisotopic (exact) mass is 484 g/mol. The lowest BCUT2D eigenvalue weighted by atomic mass is 9.75. The lowest BCUT2D eigenvalue weighted by molar-refractivity contribution is -0.259. The van der Waals surface area contributed by atoms with Gasteiger partial charge in [-0.05, 0) is 56.0 Å². The molecule has 2 aromatic carbocycles. The van der Waals surface area contributed by atoms with Gasteiger partial charge in [-0.15, -0.1) is 0 Å². The highest BCUT2D eigenvalue weighted by Gasteiger charge is 2.52. The zero-order valence-corrected chi connectivity index (χ0v) is 19.1. The Kier molecular flexibility index (Phi) is 8.82. The summed E-state index contributed by atoms with van der Waals surface area (Å²) in [4.78, 5) is 0. The Morgan fingerprint density at radius 3 is 1.73 bits per heavy atom. The summed E-state index contributed by atoms with van der Waals surface area (Å²) >= 11 is 0. The van der Waals surface area contributed by atoms with Crippen LogP contribution in [0.4, 0.5) is 30.7 Å². The van der Waals surface area contributed by atoms with E-state index in [4.69, 9.17) is 4.74 Å². The van der Waals surface area contributed by atoms with Crippen molar-refractivity contribution < 1.29 is 45.3 Å². The molecule has 1 unspecified atom stereocenters. The fourth-order valence-electron chi connectivity index (χ4n) is 3.31. The van der Waals surface area contributed by atoms with Gasteiger partial charge in [-0.3, -0.25) is 0 Å². The van der Waals surface area contributed by atoms with Gasteiger partial charge < -0.3 is 14.6 Å². The number of benzene rings is 2. The first-order valence-electron chi connectivity index (χ1n) is 9.70. The molecule has 33 heavy (non-hydrogen) atoms. The Bertz CT molecular complexity index is 933. The Morgan fingerprint density at radius 2 is 1.27 bits per heavy atom. The normalized spacial score (nSPS) is 14.1. The van der Waals surface area contributed by atoms with Crippen LogP contribution in [-0.2, 0) is 11.6 Å². The molecule has 0 spiro atoms. The molecule has 0 aliphatic rings. The molecule has 0 aliphatic carbocycles. The van der Waals surface area contributed by atoms with E-state index in [1.807, 2.05) is 0 Å². The minimum absolute atomic E-state index is 0.141. The van der Waals surface area contributed by atoms with Gasteiger partial charge in [0.15, 0.2) is 5.60 Å². The number of rotatable bonds is 5. The molecule has 186 valence electrons. The molecule has 3 nitrogen and oxygen atoms in total. The first-order valence-corrected chi connectivity index (χ1v) is 9.70. The summed E-state index contributed by atoms with van der Waals surface area (Å²) < 4.78 is 98.4. The summed E-state index contributed by atoms with van der Waals surface area (Å²) in [6.45, 7) is 5.32. The molecule has 0 bridgehead atoms. The molecule has 0 heterocycles. The SMILES string of the molecule is COc1ccc(C)cc1C(F)(F)F.COc1ccc(F)cc1C(C)(C)CC(C)(O)C(F)(F)F. The van der Waals surface area contributed by atoms with Crippen molar-refractivity contribution in [3.8, 4) is 11.5 Å². The van der Waals surface area contributed by atoms with Crippen molar-refractivity contribution in [2.75, 3.05) is 14.2 Å². The maximum Gasteiger partial charge on any atom is 0.419 e. The van der Waals surface area contributed by atoms with Gasteiger partial charge in [0, 0.05) is 5.56 Å². The van der Waals surface area contributed by atoms with Crippen LogP contribution in [0.1, 0.15) is 43.9 Å². The number of ether oxygens (including phenoxy) is 2. The minimum atomic E-state index is -4.76. The molecule has 0 amide bonds. The first-order chi connectivity index (χ1) is 14.9. The molecule has 2 aromatic rings. The zero-order valence-electron chi connectivity index (χ0n) is 19.1. The quantitative estimate of drug-likeness (QED) is 0.473. The van der Waals surface area contributed by atoms with Crippen molar-refractivity contribution in [3.63, 3.8) is 0 Å². The van der Waals surface area contributed by atoms with Crippen molar-refractivity contribution in [2.45, 2.75) is 57.5 Å². The van der Waals surface area contributed by atoms with Crippen LogP contribution in [0.3, 0.4) is 0 Å². The fraction of sp³-hybridized carbons (Fsp3) is 0.478. The highest BCUT2D eigenvalue weighted by molar-refractivity contribution is 5.40. The van der Waals surface area contributed by atoms with E-state index >= 15 is 0 Å². The summed E-state index contributed by atoms with van der Waals surface area (Å²) in [7, 11) is 2.58. The average molecular weight is 484 g/mol. The molecule has 1 atom stereocenters. The van der Waals surface area contributed by atoms with Crippen LogP contribution >= 0.6 is 0 Å². The number of hydrogen-bond donors (Lipinski definition) is 1. The van der Waals surface area contributed by atoms with Crippen LogP contribution in [0.15, 0.2) is 36.4 Å². The first kappa shape index (κ1) is 28.5. The Hall–Kier alpha value is -2.49. The van der Waals surface area contributed by atoms with Crippen molar-refractivity contribution >= 4 is 0 Å². The Labute approximate surface area is 188 Å². The zero-order chi connectivity index (χ0) is 25.8. The van der Waals surface area contributed by atoms with Gasteiger partial charge in [-0.25, -0.2) is 4.39 Å². The van der Waals surface area contributed by atoms with E-state index in [9.17, 15) is 35.8 Å². The topological polar surface area (TPSA) is 38.7 Å². The van der Waals surface area contributed by atoms with Crippen molar-refractivity contribution in [3.05, 3.63) is 58.9 Å². The minimum Gasteiger partial charge on any atom is -0.496 e. The number of halogens is 7. The van der Waals surface area contributed by atoms with Gasteiger partial charge in [0.05, 0.1) is 19.8 Å². The van der Waals surface area contributed by atoms with E-state index in [2.05, 4.69) is 4.74 Å². The van der Waals surface area contributed by atoms with E-state index in [1.54, 1.807) is 13.0 Å². The van der Waals surface area contributed by atoms with E-state index in [-0.39, 0.29) is 17.1 Å². The Balaban J connectivity index is 0.000000361. The van der Waals surface area contributed by atoms with Crippen LogP contribution in [0.5, 0.6) is 11.5 Å². The van der Waals surface area contributed by atoms with E-state index in [0.29, 0.717) is 12.5 Å². The van der Waals surface area contributed by atoms with Crippen LogP contribution in [0.25, 0.3) is 0 Å². The predicted molar refractivity (Wildman–Crippen MR) is 110 cm³/mol. The summed E-state index contributed by atoms with van der Waals surface area (Å²) in [6.07, 6.45) is -9.72. The Morgan fingerprint density at radius 1 is 0.788 bits per heavy atom. The predicted octanol–water partition coefficient (Wildman–Crippen LogP) is 6.84. The van der Waals surface area contributed by atoms with Gasteiger partial charge in [-0.2, -0.15) is 26.3 Å². The molecule has 0 aromatic heterocycles. The lowest BCUT2D eigenvalue weighted by Crippen LogP contribution is -2.46. The second kappa shape index (κ2) is 10.2. The fourth-order valence-corrected chi connectivity index (χ4v) is 3.31. The maximum absolute atomic E-state index is 13.3. The number of aryl methyl sites for hydroxylation is 1. The summed E-state index contributed by atoms with van der Waals surface area (Å²) in [5.74, 6) is -0.423. The van der Waals surface area contributed by atoms with Crippen LogP contribution in [0.2, 0.25) is 0 Å². The van der Waals surface area contributed by atoms with E-state index in [0.717, 1.165) is 12.1 Å². The third kappa shape index (κ3) is 7.52. The molecule has 10 heteroatoms. The van der Waals surface area contributed by atoms with Crippen LogP contribution < -0.4 is 9.47 Å². The second-order valence-electron chi connectivity index (χ2n) is 8.38.